The predicted molar refractivity (Wildman–Crippen MR) is 71.5 cm³/mol. The molecule has 0 unspecified atom stereocenters. The van der Waals surface area contributed by atoms with Crippen LogP contribution in [0.2, 0.25) is 0 Å². The van der Waals surface area contributed by atoms with Crippen LogP contribution in [0.4, 0.5) is 13.2 Å². The smallest absolute Gasteiger partial charge is 0.416 e. The van der Waals surface area contributed by atoms with Gasteiger partial charge in [0.05, 0.1) is 11.1 Å². The predicted octanol–water partition coefficient (Wildman–Crippen LogP) is 4.83. The standard InChI is InChI=1S/C14H8BrF3O2/c15-12-7-10(14(16,17)18)5-6-11(12)8-1-3-9(4-2-8)13(19)20/h1-7H,(H,19,20). The molecule has 0 saturated carbocycles. The van der Waals surface area contributed by atoms with Gasteiger partial charge < -0.3 is 5.11 Å². The highest BCUT2D eigenvalue weighted by Crippen LogP contribution is 2.35. The Balaban J connectivity index is 2.41. The fourth-order valence-electron chi connectivity index (χ4n) is 1.72. The average molecular weight is 345 g/mol. The molecular formula is C14H8BrF3O2. The lowest BCUT2D eigenvalue weighted by molar-refractivity contribution is -0.137. The molecule has 0 amide bonds. The molecule has 2 aromatic rings. The molecule has 2 rings (SSSR count). The SMILES string of the molecule is O=C(O)c1ccc(-c2ccc(C(F)(F)F)cc2Br)cc1. The molecule has 0 heterocycles. The zero-order valence-corrected chi connectivity index (χ0v) is 11.5. The molecule has 20 heavy (non-hydrogen) atoms. The molecule has 0 aliphatic heterocycles. The summed E-state index contributed by atoms with van der Waals surface area (Å²) >= 11 is 3.11. The molecule has 2 aromatic carbocycles. The van der Waals surface area contributed by atoms with Crippen LogP contribution in [0.1, 0.15) is 15.9 Å². The second-order valence-electron chi connectivity index (χ2n) is 4.07. The summed E-state index contributed by atoms with van der Waals surface area (Å²) in [6.07, 6.45) is -4.39. The highest BCUT2D eigenvalue weighted by Gasteiger charge is 2.30. The molecule has 0 fully saturated rings. The first kappa shape index (κ1) is 14.6. The number of benzene rings is 2. The Morgan fingerprint density at radius 2 is 1.65 bits per heavy atom. The first-order valence-corrected chi connectivity index (χ1v) is 6.29. The van der Waals surface area contributed by atoms with E-state index in [0.29, 0.717) is 15.6 Å². The van der Waals surface area contributed by atoms with Crippen LogP contribution in [0.15, 0.2) is 46.9 Å². The summed E-state index contributed by atoms with van der Waals surface area (Å²) in [7, 11) is 0. The van der Waals surface area contributed by atoms with Gasteiger partial charge in [0.25, 0.3) is 0 Å². The van der Waals surface area contributed by atoms with Crippen LogP contribution in [0, 0.1) is 0 Å². The quantitative estimate of drug-likeness (QED) is 0.846. The lowest BCUT2D eigenvalue weighted by atomic mass is 10.0. The molecule has 2 nitrogen and oxygen atoms in total. The Bertz CT molecular complexity index is 648. The van der Waals surface area contributed by atoms with E-state index in [9.17, 15) is 18.0 Å². The summed E-state index contributed by atoms with van der Waals surface area (Å²) in [5, 5.41) is 8.79. The second-order valence-corrected chi connectivity index (χ2v) is 4.93. The van der Waals surface area contributed by atoms with Crippen LogP contribution in [-0.2, 0) is 6.18 Å². The summed E-state index contributed by atoms with van der Waals surface area (Å²) < 4.78 is 38.0. The largest absolute Gasteiger partial charge is 0.478 e. The van der Waals surface area contributed by atoms with E-state index in [4.69, 9.17) is 5.11 Å². The molecule has 0 atom stereocenters. The van der Waals surface area contributed by atoms with Crippen molar-refractivity contribution in [1.29, 1.82) is 0 Å². The zero-order chi connectivity index (χ0) is 14.9. The third-order valence-corrected chi connectivity index (χ3v) is 3.40. The average Bonchev–Trinajstić information content (AvgIpc) is 2.37. The molecular weight excluding hydrogens is 337 g/mol. The Labute approximate surface area is 121 Å². The highest BCUT2D eigenvalue weighted by molar-refractivity contribution is 9.10. The number of carboxylic acid groups (broad SMARTS) is 1. The van der Waals surface area contributed by atoms with E-state index < -0.39 is 17.7 Å². The van der Waals surface area contributed by atoms with Crippen molar-refractivity contribution in [3.05, 3.63) is 58.1 Å². The van der Waals surface area contributed by atoms with Gasteiger partial charge in [0.2, 0.25) is 0 Å². The fourth-order valence-corrected chi connectivity index (χ4v) is 2.33. The number of carboxylic acids is 1. The van der Waals surface area contributed by atoms with Crippen LogP contribution >= 0.6 is 15.9 Å². The van der Waals surface area contributed by atoms with E-state index in [1.54, 1.807) is 12.1 Å². The van der Waals surface area contributed by atoms with Gasteiger partial charge in [-0.05, 0) is 35.4 Å². The van der Waals surface area contributed by atoms with E-state index in [2.05, 4.69) is 15.9 Å². The van der Waals surface area contributed by atoms with Crippen molar-refractivity contribution in [2.45, 2.75) is 6.18 Å². The number of rotatable bonds is 2. The van der Waals surface area contributed by atoms with Gasteiger partial charge in [-0.2, -0.15) is 13.2 Å². The molecule has 0 aromatic heterocycles. The van der Waals surface area contributed by atoms with E-state index in [0.717, 1.165) is 12.1 Å². The topological polar surface area (TPSA) is 37.3 Å². The summed E-state index contributed by atoms with van der Waals surface area (Å²) in [5.74, 6) is -1.05. The first-order chi connectivity index (χ1) is 9.29. The maximum atomic E-state index is 12.6. The highest BCUT2D eigenvalue weighted by atomic mass is 79.9. The number of hydrogen-bond donors (Lipinski definition) is 1. The van der Waals surface area contributed by atoms with Crippen molar-refractivity contribution in [2.24, 2.45) is 0 Å². The van der Waals surface area contributed by atoms with Gasteiger partial charge in [-0.3, -0.25) is 0 Å². The minimum Gasteiger partial charge on any atom is -0.478 e. The van der Waals surface area contributed by atoms with Crippen LogP contribution in [-0.4, -0.2) is 11.1 Å². The minimum atomic E-state index is -4.39. The lowest BCUT2D eigenvalue weighted by Gasteiger charge is -2.10. The van der Waals surface area contributed by atoms with Crippen molar-refractivity contribution in [3.8, 4) is 11.1 Å². The van der Waals surface area contributed by atoms with Crippen LogP contribution in [0.3, 0.4) is 0 Å². The summed E-state index contributed by atoms with van der Waals surface area (Å²) in [5.41, 5.74) is 0.581. The zero-order valence-electron chi connectivity index (χ0n) is 9.91. The van der Waals surface area contributed by atoms with Gasteiger partial charge in [0.15, 0.2) is 0 Å². The Hall–Kier alpha value is -1.82. The monoisotopic (exact) mass is 344 g/mol. The van der Waals surface area contributed by atoms with Crippen molar-refractivity contribution in [3.63, 3.8) is 0 Å². The Morgan fingerprint density at radius 3 is 2.10 bits per heavy atom. The van der Waals surface area contributed by atoms with Gasteiger partial charge in [0.1, 0.15) is 0 Å². The molecule has 0 spiro atoms. The van der Waals surface area contributed by atoms with Crippen LogP contribution in [0.25, 0.3) is 11.1 Å². The Morgan fingerprint density at radius 1 is 1.05 bits per heavy atom. The molecule has 0 radical (unpaired) electrons. The van der Waals surface area contributed by atoms with Crippen molar-refractivity contribution < 1.29 is 23.1 Å². The first-order valence-electron chi connectivity index (χ1n) is 5.49. The number of halogens is 4. The minimum absolute atomic E-state index is 0.122. The van der Waals surface area contributed by atoms with Crippen molar-refractivity contribution in [2.75, 3.05) is 0 Å². The maximum Gasteiger partial charge on any atom is 0.416 e. The van der Waals surface area contributed by atoms with Crippen molar-refractivity contribution >= 4 is 21.9 Å². The maximum absolute atomic E-state index is 12.6. The third kappa shape index (κ3) is 3.01. The summed E-state index contributed by atoms with van der Waals surface area (Å²) in [6.45, 7) is 0. The van der Waals surface area contributed by atoms with E-state index in [1.165, 1.54) is 18.2 Å². The number of alkyl halides is 3. The Kier molecular flexibility index (Phi) is 3.85. The molecule has 0 saturated heterocycles. The van der Waals surface area contributed by atoms with Gasteiger partial charge in [0, 0.05) is 4.47 Å². The van der Waals surface area contributed by atoms with Crippen molar-refractivity contribution in [1.82, 2.24) is 0 Å². The number of aromatic carboxylic acids is 1. The molecule has 0 aliphatic carbocycles. The second kappa shape index (κ2) is 5.28. The van der Waals surface area contributed by atoms with E-state index in [-0.39, 0.29) is 5.56 Å². The number of hydrogen-bond acceptors (Lipinski definition) is 1. The van der Waals surface area contributed by atoms with Gasteiger partial charge in [-0.15, -0.1) is 0 Å². The third-order valence-electron chi connectivity index (χ3n) is 2.74. The summed E-state index contributed by atoms with van der Waals surface area (Å²) in [6, 6.07) is 9.26. The van der Waals surface area contributed by atoms with Gasteiger partial charge >= 0.3 is 12.1 Å². The molecule has 0 bridgehead atoms. The van der Waals surface area contributed by atoms with Gasteiger partial charge in [-0.25, -0.2) is 4.79 Å². The molecule has 0 aliphatic rings. The van der Waals surface area contributed by atoms with Crippen LogP contribution in [0.5, 0.6) is 0 Å². The van der Waals surface area contributed by atoms with E-state index in [1.807, 2.05) is 0 Å². The normalized spacial score (nSPS) is 11.4. The van der Waals surface area contributed by atoms with Gasteiger partial charge in [-0.1, -0.05) is 34.1 Å². The molecule has 1 N–H and O–H groups in total. The lowest BCUT2D eigenvalue weighted by Crippen LogP contribution is -2.04. The van der Waals surface area contributed by atoms with Crippen LogP contribution < -0.4 is 0 Å². The summed E-state index contributed by atoms with van der Waals surface area (Å²) in [4.78, 5) is 10.7. The fraction of sp³-hybridized carbons (Fsp3) is 0.0714. The molecule has 104 valence electrons. The molecule has 6 heteroatoms. The van der Waals surface area contributed by atoms with E-state index >= 15 is 0 Å². The number of carbonyl (C=O) groups is 1.